The molecule has 2 heterocycles. The number of rotatable bonds is 10. The average molecular weight is 870 g/mol. The maximum atomic E-state index is 12.4. The molecule has 288 valence electrons. The fraction of sp³-hybridized carbons (Fsp3) is 0.163. The maximum absolute atomic E-state index is 12.4. The quantitative estimate of drug-likeness (QED) is 0.126. The van der Waals surface area contributed by atoms with Gasteiger partial charge in [0.2, 0.25) is 11.8 Å². The van der Waals surface area contributed by atoms with Crippen LogP contribution in [0.25, 0.3) is 22.5 Å². The van der Waals surface area contributed by atoms with Crippen molar-refractivity contribution in [1.82, 2.24) is 9.97 Å². The number of carbonyl (C=O) groups excluding carboxylic acids is 2. The summed E-state index contributed by atoms with van der Waals surface area (Å²) in [5.74, 6) is -3.03. The summed E-state index contributed by atoms with van der Waals surface area (Å²) in [4.78, 5) is 34.2. The standard InChI is InChI=1S/C22H19Cl3N2O.C21H17Cl3N2O2/c1-3-13-10-18(14-6-4-7-15(23)12(14)2)27-19(11-13)21(22(26)28)20-16(24)8-5-9-17(20)25;1-11-13(4-2-5-14(11)22)17-8-12(10-27)9-18(26-17)20(21(25)28)19-15(23)6-3-7-16(19)24/h4-11,21H,3H2,1-2H3,(H2,26,28);2-9,20,27H,10H2,1H3,(H2,25,28). The zero-order chi connectivity index (χ0) is 40.8. The smallest absolute Gasteiger partial charge is 0.231 e. The van der Waals surface area contributed by atoms with Crippen LogP contribution in [0, 0.1) is 13.8 Å². The number of pyridine rings is 2. The van der Waals surface area contributed by atoms with Crippen LogP contribution < -0.4 is 11.5 Å². The second kappa shape index (κ2) is 18.8. The van der Waals surface area contributed by atoms with Crippen LogP contribution in [0.3, 0.4) is 0 Å². The van der Waals surface area contributed by atoms with Gasteiger partial charge < -0.3 is 16.6 Å². The van der Waals surface area contributed by atoms with E-state index in [0.29, 0.717) is 63.9 Å². The molecular weight excluding hydrogens is 833 g/mol. The Morgan fingerprint density at radius 1 is 0.571 bits per heavy atom. The monoisotopic (exact) mass is 866 g/mol. The number of aryl methyl sites for hydroxylation is 1. The molecule has 6 rings (SSSR count). The van der Waals surface area contributed by atoms with Crippen LogP contribution in [-0.4, -0.2) is 26.9 Å². The summed E-state index contributed by atoms with van der Waals surface area (Å²) in [5.41, 5.74) is 19.5. The Labute approximate surface area is 355 Å². The minimum absolute atomic E-state index is 0.232. The maximum Gasteiger partial charge on any atom is 0.231 e. The van der Waals surface area contributed by atoms with Gasteiger partial charge in [0.25, 0.3) is 0 Å². The zero-order valence-electron chi connectivity index (χ0n) is 30.4. The SMILES string of the molecule is CCc1cc(-c2cccc(Cl)c2C)nc(C(C(N)=O)c2c(Cl)cccc2Cl)c1.Cc1c(Cl)cccc1-c1cc(CO)cc(C(C(N)=O)c2c(Cl)cccc2Cl)n1. The molecular formula is C43H36Cl6N4O3. The fourth-order valence-electron chi connectivity index (χ4n) is 6.30. The minimum atomic E-state index is -0.967. The Balaban J connectivity index is 0.000000214. The average Bonchev–Trinajstić information content (AvgIpc) is 3.16. The van der Waals surface area contributed by atoms with Gasteiger partial charge in [-0.05, 0) is 103 Å². The molecule has 0 fully saturated rings. The minimum Gasteiger partial charge on any atom is -0.392 e. The fourth-order valence-corrected chi connectivity index (χ4v) is 7.88. The molecule has 4 aromatic carbocycles. The first kappa shape index (κ1) is 43.0. The van der Waals surface area contributed by atoms with Crippen molar-refractivity contribution in [3.8, 4) is 22.5 Å². The van der Waals surface area contributed by atoms with Crippen molar-refractivity contribution in [1.29, 1.82) is 0 Å². The Hall–Kier alpha value is -4.18. The van der Waals surface area contributed by atoms with Crippen molar-refractivity contribution < 1.29 is 14.7 Å². The van der Waals surface area contributed by atoms with Crippen LogP contribution >= 0.6 is 69.6 Å². The van der Waals surface area contributed by atoms with Gasteiger partial charge in [-0.3, -0.25) is 19.6 Å². The Bertz CT molecular complexity index is 2230. The number of halogens is 6. The Morgan fingerprint density at radius 3 is 1.27 bits per heavy atom. The van der Waals surface area contributed by atoms with Crippen molar-refractivity contribution in [3.63, 3.8) is 0 Å². The van der Waals surface area contributed by atoms with Gasteiger partial charge in [0.05, 0.1) is 29.4 Å². The van der Waals surface area contributed by atoms with E-state index in [-0.39, 0.29) is 6.61 Å². The molecule has 0 bridgehead atoms. The second-order valence-electron chi connectivity index (χ2n) is 12.8. The molecule has 6 aromatic rings. The summed E-state index contributed by atoms with van der Waals surface area (Å²) < 4.78 is 0. The van der Waals surface area contributed by atoms with Crippen molar-refractivity contribution in [2.24, 2.45) is 11.5 Å². The van der Waals surface area contributed by atoms with Crippen LogP contribution in [0.4, 0.5) is 0 Å². The number of aromatic nitrogens is 2. The zero-order valence-corrected chi connectivity index (χ0v) is 34.9. The summed E-state index contributed by atoms with van der Waals surface area (Å²) >= 11 is 37.9. The van der Waals surface area contributed by atoms with E-state index >= 15 is 0 Å². The van der Waals surface area contributed by atoms with Gasteiger partial charge in [-0.25, -0.2) is 0 Å². The third-order valence-corrected chi connectivity index (χ3v) is 11.4. The normalized spacial score (nSPS) is 12.0. The lowest BCUT2D eigenvalue weighted by atomic mass is 9.92. The molecule has 2 aromatic heterocycles. The summed E-state index contributed by atoms with van der Waals surface area (Å²) in [6.07, 6.45) is 0.768. The van der Waals surface area contributed by atoms with Gasteiger partial charge in [-0.1, -0.05) is 113 Å². The lowest BCUT2D eigenvalue weighted by molar-refractivity contribution is -0.119. The van der Waals surface area contributed by atoms with Crippen LogP contribution in [0.5, 0.6) is 0 Å². The van der Waals surface area contributed by atoms with Gasteiger partial charge in [-0.2, -0.15) is 0 Å². The summed E-state index contributed by atoms with van der Waals surface area (Å²) in [7, 11) is 0. The number of hydrogen-bond donors (Lipinski definition) is 3. The van der Waals surface area contributed by atoms with Gasteiger partial charge >= 0.3 is 0 Å². The topological polar surface area (TPSA) is 132 Å². The number of carbonyl (C=O) groups is 2. The molecule has 13 heteroatoms. The van der Waals surface area contributed by atoms with E-state index in [1.54, 1.807) is 54.6 Å². The van der Waals surface area contributed by atoms with E-state index in [1.165, 1.54) is 0 Å². The number of benzene rings is 4. The first-order valence-corrected chi connectivity index (χ1v) is 19.5. The highest BCUT2D eigenvalue weighted by Crippen LogP contribution is 2.39. The van der Waals surface area contributed by atoms with Gasteiger partial charge in [0, 0.05) is 52.4 Å². The van der Waals surface area contributed by atoms with Gasteiger partial charge in [0.15, 0.2) is 0 Å². The van der Waals surface area contributed by atoms with E-state index in [9.17, 15) is 14.7 Å². The molecule has 0 spiro atoms. The highest BCUT2D eigenvalue weighted by Gasteiger charge is 2.29. The highest BCUT2D eigenvalue weighted by molar-refractivity contribution is 6.37. The van der Waals surface area contributed by atoms with Crippen molar-refractivity contribution >= 4 is 81.4 Å². The molecule has 0 saturated heterocycles. The number of nitrogens with zero attached hydrogens (tertiary/aromatic N) is 2. The number of amides is 2. The van der Waals surface area contributed by atoms with Crippen LogP contribution in [0.2, 0.25) is 30.1 Å². The molecule has 0 aliphatic carbocycles. The van der Waals surface area contributed by atoms with E-state index in [0.717, 1.165) is 39.9 Å². The Kier molecular flexibility index (Phi) is 14.5. The van der Waals surface area contributed by atoms with Crippen molar-refractivity contribution in [2.45, 2.75) is 45.6 Å². The van der Waals surface area contributed by atoms with Gasteiger partial charge in [0.1, 0.15) is 11.8 Å². The number of nitrogens with two attached hydrogens (primary N) is 2. The predicted molar refractivity (Wildman–Crippen MR) is 229 cm³/mol. The molecule has 56 heavy (non-hydrogen) atoms. The summed E-state index contributed by atoms with van der Waals surface area (Å²) in [6.45, 7) is 5.62. The second-order valence-corrected chi connectivity index (χ2v) is 15.3. The molecule has 7 nitrogen and oxygen atoms in total. The number of aliphatic hydroxyl groups excluding tert-OH is 1. The lowest BCUT2D eigenvalue weighted by Crippen LogP contribution is -2.24. The van der Waals surface area contributed by atoms with Gasteiger partial charge in [-0.15, -0.1) is 0 Å². The van der Waals surface area contributed by atoms with Crippen molar-refractivity contribution in [2.75, 3.05) is 0 Å². The third kappa shape index (κ3) is 9.50. The molecule has 0 saturated carbocycles. The largest absolute Gasteiger partial charge is 0.392 e. The molecule has 2 atom stereocenters. The van der Waals surface area contributed by atoms with E-state index < -0.39 is 23.7 Å². The molecule has 2 amide bonds. The Morgan fingerprint density at radius 2 is 0.911 bits per heavy atom. The van der Waals surface area contributed by atoms with Crippen LogP contribution in [0.1, 0.15) is 63.5 Å². The van der Waals surface area contributed by atoms with E-state index in [2.05, 4.69) is 4.98 Å². The molecule has 0 aliphatic rings. The first-order valence-electron chi connectivity index (χ1n) is 17.3. The number of hydrogen-bond acceptors (Lipinski definition) is 5. The van der Waals surface area contributed by atoms with Crippen LogP contribution in [0.15, 0.2) is 97.1 Å². The summed E-state index contributed by atoms with van der Waals surface area (Å²) in [6, 6.07) is 28.4. The molecule has 2 unspecified atom stereocenters. The predicted octanol–water partition coefficient (Wildman–Crippen LogP) is 11.3. The molecule has 5 N–H and O–H groups in total. The third-order valence-electron chi connectivity index (χ3n) is 9.23. The van der Waals surface area contributed by atoms with E-state index in [4.69, 9.17) is 86.1 Å². The summed E-state index contributed by atoms with van der Waals surface area (Å²) in [5, 5.41) is 12.4. The highest BCUT2D eigenvalue weighted by atomic mass is 35.5. The molecule has 0 aliphatic heterocycles. The van der Waals surface area contributed by atoms with Crippen LogP contribution in [-0.2, 0) is 22.6 Å². The number of aliphatic hydroxyl groups is 1. The molecule has 0 radical (unpaired) electrons. The van der Waals surface area contributed by atoms with Crippen molar-refractivity contribution in [3.05, 3.63) is 172 Å². The van der Waals surface area contributed by atoms with E-state index in [1.807, 2.05) is 63.2 Å². The lowest BCUT2D eigenvalue weighted by Gasteiger charge is -2.19. The number of primary amides is 2. The first-order chi connectivity index (χ1) is 26.7.